The molecule has 0 bridgehead atoms. The van der Waals surface area contributed by atoms with Crippen LogP contribution >= 0.6 is 22.7 Å². The van der Waals surface area contributed by atoms with E-state index in [0.29, 0.717) is 5.01 Å². The van der Waals surface area contributed by atoms with Gasteiger partial charge in [0.2, 0.25) is 0 Å². The van der Waals surface area contributed by atoms with Crippen LogP contribution in [0.4, 0.5) is 4.79 Å². The van der Waals surface area contributed by atoms with Gasteiger partial charge < -0.3 is 10.5 Å². The lowest BCUT2D eigenvalue weighted by atomic mass is 10.1. The molecule has 3 amide bonds. The minimum Gasteiger partial charge on any atom is -0.447 e. The SMILES string of the molecule is CC(C)C(OC(=O)c1csc(-c2ccsc2)n1)C(=O)NC(N)=O. The molecule has 0 aliphatic rings. The molecule has 1 unspecified atom stereocenters. The standard InChI is InChI=1S/C14H15N3O4S2/c1-7(2)10(11(18)17-14(15)20)21-13(19)9-6-23-12(16-9)8-3-4-22-5-8/h3-7,10H,1-2H3,(H3,15,17,18,20). The lowest BCUT2D eigenvalue weighted by molar-refractivity contribution is -0.130. The number of nitrogens with zero attached hydrogens (tertiary/aromatic N) is 1. The van der Waals surface area contributed by atoms with E-state index < -0.39 is 24.0 Å². The lowest BCUT2D eigenvalue weighted by Gasteiger charge is -2.19. The molecule has 3 N–H and O–H groups in total. The van der Waals surface area contributed by atoms with E-state index in [4.69, 9.17) is 10.5 Å². The first-order valence-electron chi connectivity index (χ1n) is 6.68. The van der Waals surface area contributed by atoms with Crippen molar-refractivity contribution in [2.75, 3.05) is 0 Å². The number of nitrogens with one attached hydrogen (secondary N) is 1. The Morgan fingerprint density at radius 2 is 2.04 bits per heavy atom. The van der Waals surface area contributed by atoms with Crippen LogP contribution in [-0.4, -0.2) is 29.0 Å². The zero-order chi connectivity index (χ0) is 17.0. The van der Waals surface area contributed by atoms with Crippen molar-refractivity contribution in [3.8, 4) is 10.6 Å². The van der Waals surface area contributed by atoms with E-state index in [1.807, 2.05) is 22.1 Å². The van der Waals surface area contributed by atoms with Gasteiger partial charge in [-0.05, 0) is 17.4 Å². The van der Waals surface area contributed by atoms with E-state index in [0.717, 1.165) is 5.56 Å². The number of thiazole rings is 1. The number of carbonyl (C=O) groups excluding carboxylic acids is 3. The molecule has 0 saturated heterocycles. The second kappa shape index (κ2) is 7.34. The summed E-state index contributed by atoms with van der Waals surface area (Å²) in [6.45, 7) is 3.38. The summed E-state index contributed by atoms with van der Waals surface area (Å²) in [5.41, 5.74) is 5.95. The predicted molar refractivity (Wildman–Crippen MR) is 87.2 cm³/mol. The maximum Gasteiger partial charge on any atom is 0.358 e. The highest BCUT2D eigenvalue weighted by Gasteiger charge is 2.28. The van der Waals surface area contributed by atoms with Crippen molar-refractivity contribution in [3.63, 3.8) is 0 Å². The molecule has 0 radical (unpaired) electrons. The Balaban J connectivity index is 2.10. The number of imide groups is 1. The van der Waals surface area contributed by atoms with Crippen LogP contribution in [0.3, 0.4) is 0 Å². The summed E-state index contributed by atoms with van der Waals surface area (Å²) in [6.07, 6.45) is -1.12. The Labute approximate surface area is 140 Å². The number of amides is 3. The van der Waals surface area contributed by atoms with Gasteiger partial charge in [0, 0.05) is 16.3 Å². The molecule has 0 fully saturated rings. The number of rotatable bonds is 5. The highest BCUT2D eigenvalue weighted by Crippen LogP contribution is 2.26. The molecule has 0 aromatic carbocycles. The smallest absolute Gasteiger partial charge is 0.358 e. The summed E-state index contributed by atoms with van der Waals surface area (Å²) < 4.78 is 5.18. The first kappa shape index (κ1) is 17.1. The largest absolute Gasteiger partial charge is 0.447 e. The molecule has 1 atom stereocenters. The maximum absolute atomic E-state index is 12.2. The van der Waals surface area contributed by atoms with Crippen molar-refractivity contribution in [2.45, 2.75) is 20.0 Å². The monoisotopic (exact) mass is 353 g/mol. The molecule has 0 aliphatic heterocycles. The number of hydrogen-bond acceptors (Lipinski definition) is 7. The van der Waals surface area contributed by atoms with Gasteiger partial charge in [-0.15, -0.1) is 11.3 Å². The lowest BCUT2D eigenvalue weighted by Crippen LogP contribution is -2.45. The summed E-state index contributed by atoms with van der Waals surface area (Å²) in [5, 5.41) is 8.01. The van der Waals surface area contributed by atoms with Crippen molar-refractivity contribution >= 4 is 40.6 Å². The number of aromatic nitrogens is 1. The zero-order valence-corrected chi connectivity index (χ0v) is 14.1. The second-order valence-electron chi connectivity index (χ2n) is 4.97. The van der Waals surface area contributed by atoms with Crippen molar-refractivity contribution in [3.05, 3.63) is 27.9 Å². The Kier molecular flexibility index (Phi) is 5.45. The third kappa shape index (κ3) is 4.36. The minimum absolute atomic E-state index is 0.119. The highest BCUT2D eigenvalue weighted by atomic mass is 32.1. The van der Waals surface area contributed by atoms with Gasteiger partial charge in [-0.2, -0.15) is 11.3 Å². The number of hydrogen-bond donors (Lipinski definition) is 2. The van der Waals surface area contributed by atoms with Crippen molar-refractivity contribution in [1.29, 1.82) is 0 Å². The van der Waals surface area contributed by atoms with E-state index in [1.54, 1.807) is 19.2 Å². The highest BCUT2D eigenvalue weighted by molar-refractivity contribution is 7.14. The zero-order valence-electron chi connectivity index (χ0n) is 12.4. The molecule has 0 spiro atoms. The average molecular weight is 353 g/mol. The fourth-order valence-corrected chi connectivity index (χ4v) is 3.25. The van der Waals surface area contributed by atoms with Crippen LogP contribution in [0.1, 0.15) is 24.3 Å². The molecule has 7 nitrogen and oxygen atoms in total. The van der Waals surface area contributed by atoms with Crippen LogP contribution < -0.4 is 11.1 Å². The van der Waals surface area contributed by atoms with Crippen LogP contribution in [0.5, 0.6) is 0 Å². The number of urea groups is 1. The molecule has 2 aromatic heterocycles. The Bertz CT molecular complexity index is 709. The summed E-state index contributed by atoms with van der Waals surface area (Å²) in [4.78, 5) is 39.0. The molecule has 0 saturated carbocycles. The fourth-order valence-electron chi connectivity index (χ4n) is 1.75. The number of primary amides is 1. The molecule has 23 heavy (non-hydrogen) atoms. The van der Waals surface area contributed by atoms with Crippen LogP contribution in [0.25, 0.3) is 10.6 Å². The molecule has 9 heteroatoms. The number of carbonyl (C=O) groups is 3. The third-order valence-electron chi connectivity index (χ3n) is 2.83. The molecular formula is C14H15N3O4S2. The van der Waals surface area contributed by atoms with E-state index >= 15 is 0 Å². The van der Waals surface area contributed by atoms with Crippen molar-refractivity contribution < 1.29 is 19.1 Å². The van der Waals surface area contributed by atoms with Gasteiger partial charge in [-0.3, -0.25) is 10.1 Å². The van der Waals surface area contributed by atoms with Crippen LogP contribution in [0.2, 0.25) is 0 Å². The Morgan fingerprint density at radius 3 is 2.61 bits per heavy atom. The van der Waals surface area contributed by atoms with Crippen LogP contribution in [0.15, 0.2) is 22.2 Å². The number of thiophene rings is 1. The van der Waals surface area contributed by atoms with Crippen molar-refractivity contribution in [1.82, 2.24) is 10.3 Å². The summed E-state index contributed by atoms with van der Waals surface area (Å²) >= 11 is 2.84. The topological polar surface area (TPSA) is 111 Å². The quantitative estimate of drug-likeness (QED) is 0.801. The molecule has 2 heterocycles. The third-order valence-corrected chi connectivity index (χ3v) is 4.40. The molecule has 122 valence electrons. The van der Waals surface area contributed by atoms with E-state index in [9.17, 15) is 14.4 Å². The molecule has 0 aliphatic carbocycles. The van der Waals surface area contributed by atoms with Crippen LogP contribution in [-0.2, 0) is 9.53 Å². The average Bonchev–Trinajstić information content (AvgIpc) is 3.13. The van der Waals surface area contributed by atoms with Gasteiger partial charge in [-0.25, -0.2) is 14.6 Å². The van der Waals surface area contributed by atoms with Gasteiger partial charge in [0.05, 0.1) is 0 Å². The maximum atomic E-state index is 12.2. The van der Waals surface area contributed by atoms with Crippen LogP contribution in [0, 0.1) is 5.92 Å². The van der Waals surface area contributed by atoms with E-state index in [2.05, 4.69) is 4.98 Å². The van der Waals surface area contributed by atoms with E-state index in [-0.39, 0.29) is 11.6 Å². The summed E-state index contributed by atoms with van der Waals surface area (Å²) in [5.74, 6) is -1.80. The fraction of sp³-hybridized carbons (Fsp3) is 0.286. The predicted octanol–water partition coefficient (Wildman–Crippen LogP) is 2.25. The molecule has 2 aromatic rings. The second-order valence-corrected chi connectivity index (χ2v) is 6.61. The Morgan fingerprint density at radius 1 is 1.30 bits per heavy atom. The first-order valence-corrected chi connectivity index (χ1v) is 8.50. The summed E-state index contributed by atoms with van der Waals surface area (Å²) in [6, 6.07) is 0.903. The van der Waals surface area contributed by atoms with Gasteiger partial charge in [0.25, 0.3) is 5.91 Å². The van der Waals surface area contributed by atoms with Gasteiger partial charge in [-0.1, -0.05) is 13.8 Å². The van der Waals surface area contributed by atoms with Gasteiger partial charge >= 0.3 is 12.0 Å². The van der Waals surface area contributed by atoms with E-state index in [1.165, 1.54) is 22.7 Å². The van der Waals surface area contributed by atoms with Gasteiger partial charge in [0.1, 0.15) is 5.01 Å². The summed E-state index contributed by atoms with van der Waals surface area (Å²) in [7, 11) is 0. The number of ether oxygens (including phenoxy) is 1. The number of nitrogens with two attached hydrogens (primary N) is 1. The minimum atomic E-state index is -1.12. The first-order chi connectivity index (χ1) is 10.9. The number of esters is 1. The molecular weight excluding hydrogens is 338 g/mol. The van der Waals surface area contributed by atoms with Gasteiger partial charge in [0.15, 0.2) is 11.8 Å². The normalized spacial score (nSPS) is 12.0. The van der Waals surface area contributed by atoms with Crippen molar-refractivity contribution in [2.24, 2.45) is 11.7 Å². The Hall–Kier alpha value is -2.26. The molecule has 2 rings (SSSR count).